The molecule has 3 saturated heterocycles. The van der Waals surface area contributed by atoms with E-state index < -0.39 is 30.0 Å². The summed E-state index contributed by atoms with van der Waals surface area (Å²) in [5, 5.41) is 2.31. The molecule has 0 bridgehead atoms. The first-order valence-corrected chi connectivity index (χ1v) is 16.6. The monoisotopic (exact) mass is 624 g/mol. The lowest BCUT2D eigenvalue weighted by Gasteiger charge is -2.53. The molecule has 4 aliphatic heterocycles. The molecule has 1 aromatic carbocycles. The van der Waals surface area contributed by atoms with Crippen molar-refractivity contribution in [3.63, 3.8) is 0 Å². The van der Waals surface area contributed by atoms with Crippen molar-refractivity contribution in [1.82, 2.24) is 20.0 Å². The van der Waals surface area contributed by atoms with Gasteiger partial charge in [0, 0.05) is 51.1 Å². The molecule has 1 N–H and O–H groups in total. The fourth-order valence-corrected chi connectivity index (χ4v) is 8.54. The van der Waals surface area contributed by atoms with Gasteiger partial charge in [-0.15, -0.1) is 0 Å². The first-order valence-electron chi connectivity index (χ1n) is 16.6. The maximum Gasteiger partial charge on any atom is 0.266 e. The summed E-state index contributed by atoms with van der Waals surface area (Å²) in [7, 11) is 0. The van der Waals surface area contributed by atoms with Crippen molar-refractivity contribution in [1.29, 1.82) is 0 Å². The van der Waals surface area contributed by atoms with Crippen LogP contribution in [-0.4, -0.2) is 88.6 Å². The third-order valence-electron chi connectivity index (χ3n) is 11.2. The average molecular weight is 625 g/mol. The number of ether oxygens (including phenoxy) is 1. The van der Waals surface area contributed by atoms with Crippen molar-refractivity contribution in [3.05, 3.63) is 41.5 Å². The molecule has 11 heteroatoms. The van der Waals surface area contributed by atoms with Crippen LogP contribution in [0.15, 0.2) is 30.4 Å². The fourth-order valence-electron chi connectivity index (χ4n) is 8.54. The normalized spacial score (nSPS) is 32.4. The number of hydrogen-bond acceptors (Lipinski definition) is 6. The number of carbonyl (C=O) groups is 4. The summed E-state index contributed by atoms with van der Waals surface area (Å²) in [5.41, 5.74) is 0.765. The molecule has 4 fully saturated rings. The van der Waals surface area contributed by atoms with Crippen LogP contribution in [0.3, 0.4) is 0 Å². The number of imide groups is 1. The van der Waals surface area contributed by atoms with Crippen molar-refractivity contribution in [3.8, 4) is 5.75 Å². The van der Waals surface area contributed by atoms with Gasteiger partial charge in [-0.1, -0.05) is 12.2 Å². The van der Waals surface area contributed by atoms with E-state index in [9.17, 15) is 19.2 Å². The number of nitrogens with zero attached hydrogens (tertiary/aromatic N) is 3. The highest BCUT2D eigenvalue weighted by Crippen LogP contribution is 2.44. The fraction of sp³-hybridized carbons (Fsp3) is 0.647. The quantitative estimate of drug-likeness (QED) is 0.381. The summed E-state index contributed by atoms with van der Waals surface area (Å²) < 4.78 is 37.3. The van der Waals surface area contributed by atoms with Crippen LogP contribution < -0.4 is 10.1 Å². The maximum atomic E-state index is 15.5. The van der Waals surface area contributed by atoms with E-state index in [2.05, 4.69) is 11.4 Å². The Kier molecular flexibility index (Phi) is 7.73. The van der Waals surface area contributed by atoms with Crippen LogP contribution in [0.4, 0.5) is 8.78 Å². The van der Waals surface area contributed by atoms with Gasteiger partial charge in [-0.2, -0.15) is 0 Å². The van der Waals surface area contributed by atoms with E-state index >= 15 is 8.78 Å². The summed E-state index contributed by atoms with van der Waals surface area (Å²) in [6.07, 6.45) is 8.28. The van der Waals surface area contributed by atoms with E-state index in [1.165, 1.54) is 4.90 Å². The number of amides is 4. The zero-order valence-electron chi connectivity index (χ0n) is 25.8. The first kappa shape index (κ1) is 30.3. The number of hydrogen-bond donors (Lipinski definition) is 1. The number of piperidine rings is 2. The Morgan fingerprint density at radius 2 is 1.80 bits per heavy atom. The first-order chi connectivity index (χ1) is 21.5. The summed E-state index contributed by atoms with van der Waals surface area (Å²) in [5.74, 6) is -2.54. The van der Waals surface area contributed by atoms with Gasteiger partial charge in [0.15, 0.2) is 0 Å². The lowest BCUT2D eigenvalue weighted by Crippen LogP contribution is -2.66. The van der Waals surface area contributed by atoms with Gasteiger partial charge in [0.2, 0.25) is 17.7 Å². The molecular weight excluding hydrogens is 582 g/mol. The van der Waals surface area contributed by atoms with Gasteiger partial charge >= 0.3 is 0 Å². The van der Waals surface area contributed by atoms with E-state index in [1.54, 1.807) is 18.2 Å². The predicted octanol–water partition coefficient (Wildman–Crippen LogP) is 3.91. The Morgan fingerprint density at radius 1 is 1.02 bits per heavy atom. The van der Waals surface area contributed by atoms with Crippen molar-refractivity contribution in [2.45, 2.75) is 95.4 Å². The number of allylic oxidation sites excluding steroid dienone is 1. The molecule has 6 aliphatic rings. The molecule has 9 nitrogen and oxygen atoms in total. The molecule has 4 atom stereocenters. The Labute approximate surface area is 262 Å². The van der Waals surface area contributed by atoms with E-state index in [1.807, 2.05) is 22.8 Å². The van der Waals surface area contributed by atoms with Crippen molar-refractivity contribution >= 4 is 23.6 Å². The SMILES string of the molecule is CC1(C(=O)N2CCC(C3CN([C@H]4[C@@H](Oc5ccc6c(c5)CN(C5CCC(=O)NC5=O)C6=O)CCCC4(F)F)C3)CC2)C=CCC1. The molecule has 1 saturated carbocycles. The number of likely N-dealkylation sites (tertiary alicyclic amines) is 2. The smallest absolute Gasteiger partial charge is 0.266 e. The molecule has 0 spiro atoms. The molecule has 7 rings (SSSR count). The van der Waals surface area contributed by atoms with Crippen LogP contribution in [0.5, 0.6) is 5.75 Å². The molecule has 2 unspecified atom stereocenters. The number of fused-ring (bicyclic) bond motifs is 1. The minimum absolute atomic E-state index is 0.161. The Morgan fingerprint density at radius 3 is 2.51 bits per heavy atom. The molecule has 0 radical (unpaired) electrons. The van der Waals surface area contributed by atoms with Crippen LogP contribution in [0.1, 0.15) is 80.6 Å². The molecule has 1 aromatic rings. The van der Waals surface area contributed by atoms with Crippen LogP contribution in [0.2, 0.25) is 0 Å². The number of halogens is 2. The largest absolute Gasteiger partial charge is 0.489 e. The molecule has 4 amide bonds. The van der Waals surface area contributed by atoms with Gasteiger partial charge in [-0.25, -0.2) is 8.78 Å². The molecule has 4 heterocycles. The second-order valence-electron chi connectivity index (χ2n) is 14.2. The highest BCUT2D eigenvalue weighted by molar-refractivity contribution is 6.05. The summed E-state index contributed by atoms with van der Waals surface area (Å²) >= 11 is 0. The highest BCUT2D eigenvalue weighted by Gasteiger charge is 2.55. The molecule has 242 valence electrons. The number of carbonyl (C=O) groups excluding carboxylic acids is 4. The van der Waals surface area contributed by atoms with E-state index in [4.69, 9.17) is 4.74 Å². The number of nitrogens with one attached hydrogen (secondary N) is 1. The number of benzene rings is 1. The Balaban J connectivity index is 0.971. The predicted molar refractivity (Wildman–Crippen MR) is 160 cm³/mol. The van der Waals surface area contributed by atoms with Crippen LogP contribution in [-0.2, 0) is 20.9 Å². The Hall–Kier alpha value is -3.34. The van der Waals surface area contributed by atoms with Gasteiger partial charge in [-0.05, 0) is 87.5 Å². The molecule has 2 aliphatic carbocycles. The van der Waals surface area contributed by atoms with Gasteiger partial charge in [0.05, 0.1) is 5.41 Å². The van der Waals surface area contributed by atoms with Crippen LogP contribution in [0.25, 0.3) is 0 Å². The molecule has 0 aromatic heterocycles. The van der Waals surface area contributed by atoms with Crippen LogP contribution >= 0.6 is 0 Å². The van der Waals surface area contributed by atoms with Crippen molar-refractivity contribution < 1.29 is 32.7 Å². The number of rotatable bonds is 6. The zero-order valence-corrected chi connectivity index (χ0v) is 25.8. The summed E-state index contributed by atoms with van der Waals surface area (Å²) in [6.45, 7) is 4.91. The molecular formula is C34H42F2N4O5. The van der Waals surface area contributed by atoms with E-state index in [0.717, 1.165) is 38.8 Å². The summed E-state index contributed by atoms with van der Waals surface area (Å²) in [4.78, 5) is 55.5. The molecule has 45 heavy (non-hydrogen) atoms. The third-order valence-corrected chi connectivity index (χ3v) is 11.2. The minimum atomic E-state index is -2.87. The number of alkyl halides is 2. The second kappa shape index (κ2) is 11.5. The zero-order chi connectivity index (χ0) is 31.5. The van der Waals surface area contributed by atoms with Gasteiger partial charge in [0.1, 0.15) is 23.9 Å². The second-order valence-corrected chi connectivity index (χ2v) is 14.2. The van der Waals surface area contributed by atoms with E-state index in [0.29, 0.717) is 54.6 Å². The highest BCUT2D eigenvalue weighted by atomic mass is 19.3. The maximum absolute atomic E-state index is 15.5. The topological polar surface area (TPSA) is 99.3 Å². The third kappa shape index (κ3) is 5.55. The average Bonchev–Trinajstić information content (AvgIpc) is 3.57. The standard InChI is InChI=1S/C34H42F2N4O5/c1-33(12-2-3-13-33)32(44)38-15-10-21(11-16-38)23-18-39(19-23)29-27(5-4-14-34(29,35)36)45-24-6-7-25-22(17-24)20-40(31(25)43)26-8-9-28(41)37-30(26)42/h2,6-7,12,17,21,23,26-27,29H,3-5,8-11,13-16,18-20H2,1H3,(H,37,41,42)/t26?,27-,29-,33?/m0/s1. The van der Waals surface area contributed by atoms with Gasteiger partial charge < -0.3 is 14.5 Å². The van der Waals surface area contributed by atoms with Crippen molar-refractivity contribution in [2.75, 3.05) is 26.2 Å². The van der Waals surface area contributed by atoms with E-state index in [-0.39, 0.29) is 48.9 Å². The lowest BCUT2D eigenvalue weighted by molar-refractivity contribution is -0.173. The van der Waals surface area contributed by atoms with Gasteiger partial charge in [0.25, 0.3) is 11.8 Å². The van der Waals surface area contributed by atoms with Crippen LogP contribution in [0, 0.1) is 17.3 Å². The Bertz CT molecular complexity index is 1420. The lowest BCUT2D eigenvalue weighted by atomic mass is 9.76. The summed E-state index contributed by atoms with van der Waals surface area (Å²) in [6, 6.07) is 3.30. The van der Waals surface area contributed by atoms with Crippen molar-refractivity contribution in [2.24, 2.45) is 17.3 Å². The van der Waals surface area contributed by atoms with Gasteiger partial charge in [-0.3, -0.25) is 29.4 Å². The minimum Gasteiger partial charge on any atom is -0.489 e.